The number of hydrogen-bond acceptors (Lipinski definition) is 2. The van der Waals surface area contributed by atoms with E-state index in [0.29, 0.717) is 17.8 Å². The number of carboxylic acids is 1. The van der Waals surface area contributed by atoms with Crippen LogP contribution in [-0.2, 0) is 4.79 Å². The summed E-state index contributed by atoms with van der Waals surface area (Å²) < 4.78 is 0. The van der Waals surface area contributed by atoms with Crippen LogP contribution < -0.4 is 0 Å². The molecule has 0 amide bonds. The molecule has 3 heteroatoms. The van der Waals surface area contributed by atoms with Crippen molar-refractivity contribution in [2.45, 2.75) is 112 Å². The molecule has 0 aliphatic heterocycles. The summed E-state index contributed by atoms with van der Waals surface area (Å²) >= 11 is 0. The average molecular weight is 457 g/mol. The highest BCUT2D eigenvalue weighted by atomic mass is 16.4. The van der Waals surface area contributed by atoms with Gasteiger partial charge in [-0.15, -0.1) is 0 Å². The maximum Gasteiger partial charge on any atom is 0.306 e. The Kier molecular flexibility index (Phi) is 5.15. The summed E-state index contributed by atoms with van der Waals surface area (Å²) in [4.78, 5) is 12.1. The Hall–Kier alpha value is -0.830. The number of fused-ring (bicyclic) bond motifs is 7. The van der Waals surface area contributed by atoms with Crippen LogP contribution in [0.3, 0.4) is 0 Å². The van der Waals surface area contributed by atoms with Crippen molar-refractivity contribution in [1.29, 1.82) is 0 Å². The third kappa shape index (κ3) is 2.87. The maximum absolute atomic E-state index is 12.1. The lowest BCUT2D eigenvalue weighted by atomic mass is 9.33. The summed E-state index contributed by atoms with van der Waals surface area (Å²) in [7, 11) is 0. The standard InChI is InChI=1S/C30H48O3/c1-18-19(25(32)33)10-13-27(4)16-17-29(6)20(24(18)27)8-9-22-28(5)14-12-23(31)26(2,3)21(28)11-15-30(22,29)7/h8,18-19,21-24,31H,9-17H2,1-7H3,(H,32,33)/t18-,19+,21?,22+,23-,24-,27+,28-,29+,30+/m0/s1. The van der Waals surface area contributed by atoms with E-state index in [9.17, 15) is 15.0 Å². The first kappa shape index (κ1) is 23.9. The van der Waals surface area contributed by atoms with Crippen molar-refractivity contribution in [2.75, 3.05) is 0 Å². The van der Waals surface area contributed by atoms with Gasteiger partial charge in [-0.25, -0.2) is 0 Å². The highest BCUT2D eigenvalue weighted by Gasteiger charge is 2.68. The predicted octanol–water partition coefficient (Wildman–Crippen LogP) is 7.09. The summed E-state index contributed by atoms with van der Waals surface area (Å²) in [6, 6.07) is 0. The topological polar surface area (TPSA) is 57.5 Å². The van der Waals surface area contributed by atoms with Gasteiger partial charge in [-0.1, -0.05) is 60.1 Å². The Labute approximate surface area is 201 Å². The molecule has 33 heavy (non-hydrogen) atoms. The molecule has 0 aromatic heterocycles. The van der Waals surface area contributed by atoms with E-state index < -0.39 is 5.97 Å². The lowest BCUT2D eigenvalue weighted by Crippen LogP contribution is -2.64. The molecule has 0 radical (unpaired) electrons. The monoisotopic (exact) mass is 456 g/mol. The molecule has 2 N–H and O–H groups in total. The smallest absolute Gasteiger partial charge is 0.306 e. The molecule has 5 aliphatic carbocycles. The van der Waals surface area contributed by atoms with Crippen LogP contribution in [0.15, 0.2) is 11.6 Å². The molecule has 10 atom stereocenters. The van der Waals surface area contributed by atoms with E-state index in [-0.39, 0.29) is 45.0 Å². The molecule has 0 aromatic carbocycles. The Balaban J connectivity index is 1.58. The Bertz CT molecular complexity index is 874. The molecule has 5 rings (SSSR count). The van der Waals surface area contributed by atoms with Gasteiger partial charge < -0.3 is 10.2 Å². The molecule has 1 unspecified atom stereocenters. The largest absolute Gasteiger partial charge is 0.481 e. The SMILES string of the molecule is C[C@@H]1[C@H]2C3=CC[C@@H]4[C@@]5(C)CC[C@H](O)C(C)(C)C5CC[C@@]4(C)[C@]3(C)CC[C@@]2(C)CC[C@H]1C(=O)O. The number of allylic oxidation sites excluding steroid dienone is 2. The van der Waals surface area contributed by atoms with Crippen molar-refractivity contribution in [3.05, 3.63) is 11.6 Å². The van der Waals surface area contributed by atoms with Crippen molar-refractivity contribution in [2.24, 2.45) is 56.7 Å². The molecule has 3 nitrogen and oxygen atoms in total. The van der Waals surface area contributed by atoms with Crippen molar-refractivity contribution >= 4 is 5.97 Å². The zero-order chi connectivity index (χ0) is 24.2. The molecule has 0 aromatic rings. The minimum Gasteiger partial charge on any atom is -0.481 e. The van der Waals surface area contributed by atoms with E-state index in [0.717, 1.165) is 32.1 Å². The summed E-state index contributed by atoms with van der Waals surface area (Å²) in [6.45, 7) is 17.1. The van der Waals surface area contributed by atoms with Crippen LogP contribution in [0.1, 0.15) is 106 Å². The molecule has 186 valence electrons. The second-order valence-corrected chi connectivity index (χ2v) is 14.6. The molecule has 0 saturated heterocycles. The normalized spacial score (nSPS) is 55.3. The van der Waals surface area contributed by atoms with Crippen molar-refractivity contribution < 1.29 is 15.0 Å². The zero-order valence-electron chi connectivity index (χ0n) is 22.2. The summed E-state index contributed by atoms with van der Waals surface area (Å²) in [5, 5.41) is 20.9. The first-order valence-electron chi connectivity index (χ1n) is 13.8. The minimum absolute atomic E-state index is 0.0169. The van der Waals surface area contributed by atoms with E-state index in [1.807, 2.05) is 0 Å². The maximum atomic E-state index is 12.1. The molecule has 4 fully saturated rings. The number of aliphatic hydroxyl groups excluding tert-OH is 1. The average Bonchev–Trinajstić information content (AvgIpc) is 2.72. The van der Waals surface area contributed by atoms with E-state index in [1.54, 1.807) is 5.57 Å². The number of aliphatic hydroxyl groups is 1. The summed E-state index contributed by atoms with van der Waals surface area (Å²) in [6.07, 6.45) is 12.5. The van der Waals surface area contributed by atoms with Crippen LogP contribution in [0.5, 0.6) is 0 Å². The van der Waals surface area contributed by atoms with Crippen LogP contribution in [0.2, 0.25) is 0 Å². The number of carbonyl (C=O) groups is 1. The van der Waals surface area contributed by atoms with Gasteiger partial charge in [-0.3, -0.25) is 4.79 Å². The summed E-state index contributed by atoms with van der Waals surface area (Å²) in [5.74, 6) is 1.04. The van der Waals surface area contributed by atoms with Crippen LogP contribution >= 0.6 is 0 Å². The molecular formula is C30H48O3. The van der Waals surface area contributed by atoms with Crippen molar-refractivity contribution in [3.63, 3.8) is 0 Å². The number of aliphatic carboxylic acids is 1. The number of hydrogen-bond donors (Lipinski definition) is 2. The molecule has 0 bridgehead atoms. The Morgan fingerprint density at radius 3 is 2.27 bits per heavy atom. The van der Waals surface area contributed by atoms with Gasteiger partial charge in [0.15, 0.2) is 0 Å². The molecular weight excluding hydrogens is 408 g/mol. The fourth-order valence-electron chi connectivity index (χ4n) is 11.0. The van der Waals surface area contributed by atoms with Crippen LogP contribution in [0, 0.1) is 56.7 Å². The highest BCUT2D eigenvalue weighted by Crippen LogP contribution is 2.75. The van der Waals surface area contributed by atoms with E-state index in [2.05, 4.69) is 54.5 Å². The lowest BCUT2D eigenvalue weighted by Gasteiger charge is -2.71. The summed E-state index contributed by atoms with van der Waals surface area (Å²) in [5.41, 5.74) is 2.53. The van der Waals surface area contributed by atoms with Crippen molar-refractivity contribution in [1.82, 2.24) is 0 Å². The van der Waals surface area contributed by atoms with Gasteiger partial charge in [0.2, 0.25) is 0 Å². The Morgan fingerprint density at radius 1 is 0.909 bits per heavy atom. The van der Waals surface area contributed by atoms with E-state index >= 15 is 0 Å². The molecule has 0 spiro atoms. The Morgan fingerprint density at radius 2 is 1.61 bits per heavy atom. The molecule has 5 aliphatic rings. The van der Waals surface area contributed by atoms with E-state index in [1.165, 1.54) is 25.7 Å². The second kappa shape index (κ2) is 7.11. The van der Waals surface area contributed by atoms with Gasteiger partial charge in [0.25, 0.3) is 0 Å². The minimum atomic E-state index is -0.590. The van der Waals surface area contributed by atoms with Gasteiger partial charge in [0, 0.05) is 0 Å². The molecule has 4 saturated carbocycles. The van der Waals surface area contributed by atoms with E-state index in [4.69, 9.17) is 0 Å². The zero-order valence-corrected chi connectivity index (χ0v) is 22.2. The number of carboxylic acid groups (broad SMARTS) is 1. The first-order chi connectivity index (χ1) is 15.2. The fraction of sp³-hybridized carbons (Fsp3) is 0.900. The van der Waals surface area contributed by atoms with Gasteiger partial charge in [-0.2, -0.15) is 0 Å². The lowest BCUT2D eigenvalue weighted by molar-refractivity contribution is -0.204. The predicted molar refractivity (Wildman–Crippen MR) is 133 cm³/mol. The first-order valence-corrected chi connectivity index (χ1v) is 13.8. The van der Waals surface area contributed by atoms with Crippen LogP contribution in [-0.4, -0.2) is 22.3 Å². The van der Waals surface area contributed by atoms with Crippen LogP contribution in [0.4, 0.5) is 0 Å². The van der Waals surface area contributed by atoms with Crippen LogP contribution in [0.25, 0.3) is 0 Å². The molecule has 0 heterocycles. The second-order valence-electron chi connectivity index (χ2n) is 14.6. The van der Waals surface area contributed by atoms with Gasteiger partial charge in [-0.05, 0) is 109 Å². The van der Waals surface area contributed by atoms with Gasteiger partial charge in [0.1, 0.15) is 0 Å². The highest BCUT2D eigenvalue weighted by molar-refractivity contribution is 5.70. The third-order valence-electron chi connectivity index (χ3n) is 13.3. The quantitative estimate of drug-likeness (QED) is 0.414. The fourth-order valence-corrected chi connectivity index (χ4v) is 11.0. The van der Waals surface area contributed by atoms with Gasteiger partial charge in [0.05, 0.1) is 12.0 Å². The van der Waals surface area contributed by atoms with Gasteiger partial charge >= 0.3 is 5.97 Å². The third-order valence-corrected chi connectivity index (χ3v) is 13.3. The number of rotatable bonds is 1. The van der Waals surface area contributed by atoms with Crippen molar-refractivity contribution in [3.8, 4) is 0 Å².